The van der Waals surface area contributed by atoms with E-state index in [2.05, 4.69) is 22.2 Å². The van der Waals surface area contributed by atoms with Crippen molar-refractivity contribution in [2.75, 3.05) is 26.7 Å². The van der Waals surface area contributed by atoms with Crippen LogP contribution in [0.25, 0.3) is 0 Å². The van der Waals surface area contributed by atoms with Gasteiger partial charge in [0.05, 0.1) is 17.9 Å². The highest BCUT2D eigenvalue weighted by atomic mass is 16.3. The molecule has 1 atom stereocenters. The molecule has 76 valence electrons. The number of likely N-dealkylation sites (N-methyl/N-ethyl adjacent to an activating group) is 1. The molecule has 0 amide bonds. The van der Waals surface area contributed by atoms with Gasteiger partial charge in [-0.3, -0.25) is 4.98 Å². The molecule has 0 aliphatic carbocycles. The molecule has 2 heterocycles. The predicted molar refractivity (Wildman–Crippen MR) is 54.1 cm³/mol. The van der Waals surface area contributed by atoms with Gasteiger partial charge in [0.2, 0.25) is 0 Å². The fourth-order valence-electron chi connectivity index (χ4n) is 1.70. The molecule has 0 spiro atoms. The van der Waals surface area contributed by atoms with Gasteiger partial charge in [0.25, 0.3) is 0 Å². The van der Waals surface area contributed by atoms with Gasteiger partial charge in [-0.25, -0.2) is 0 Å². The van der Waals surface area contributed by atoms with E-state index in [4.69, 9.17) is 5.11 Å². The second kappa shape index (κ2) is 3.94. The highest BCUT2D eigenvalue weighted by Gasteiger charge is 2.18. The number of nitrogens with one attached hydrogen (secondary N) is 1. The van der Waals surface area contributed by atoms with Crippen molar-refractivity contribution in [3.8, 4) is 5.75 Å². The predicted octanol–water partition coefficient (Wildman–Crippen LogP) is 0.363. The summed E-state index contributed by atoms with van der Waals surface area (Å²) in [4.78, 5) is 6.47. The first-order valence-electron chi connectivity index (χ1n) is 4.82. The van der Waals surface area contributed by atoms with Crippen LogP contribution in [0.4, 0.5) is 0 Å². The third kappa shape index (κ3) is 2.02. The van der Waals surface area contributed by atoms with Crippen LogP contribution in [0.15, 0.2) is 18.3 Å². The van der Waals surface area contributed by atoms with Crippen molar-refractivity contribution in [2.24, 2.45) is 0 Å². The van der Waals surface area contributed by atoms with Crippen molar-refractivity contribution in [1.82, 2.24) is 15.2 Å². The molecule has 4 nitrogen and oxygen atoms in total. The standard InChI is InChI=1S/C10H15N3O/c1-13-5-4-11-10(7-13)9-3-2-8(14)6-12-9/h2-3,6,10-11,14H,4-5,7H2,1H3. The molecule has 1 aliphatic heterocycles. The lowest BCUT2D eigenvalue weighted by Gasteiger charge is -2.30. The maximum absolute atomic E-state index is 9.11. The molecule has 0 aromatic carbocycles. The average molecular weight is 193 g/mol. The molecule has 2 rings (SSSR count). The third-order valence-corrected chi connectivity index (χ3v) is 2.51. The Morgan fingerprint density at radius 3 is 3.07 bits per heavy atom. The highest BCUT2D eigenvalue weighted by Crippen LogP contribution is 2.16. The molecule has 1 aromatic rings. The van der Waals surface area contributed by atoms with Gasteiger partial charge in [-0.2, -0.15) is 0 Å². The molecular formula is C10H15N3O. The van der Waals surface area contributed by atoms with E-state index in [9.17, 15) is 0 Å². The fourth-order valence-corrected chi connectivity index (χ4v) is 1.70. The van der Waals surface area contributed by atoms with Crippen molar-refractivity contribution in [3.63, 3.8) is 0 Å². The maximum Gasteiger partial charge on any atom is 0.133 e. The molecule has 1 fully saturated rings. The molecule has 1 unspecified atom stereocenters. The monoisotopic (exact) mass is 193 g/mol. The van der Waals surface area contributed by atoms with Crippen LogP contribution in [-0.4, -0.2) is 41.7 Å². The lowest BCUT2D eigenvalue weighted by atomic mass is 10.1. The lowest BCUT2D eigenvalue weighted by Crippen LogP contribution is -2.43. The highest BCUT2D eigenvalue weighted by molar-refractivity contribution is 5.20. The SMILES string of the molecule is CN1CCNC(c2ccc(O)cn2)C1. The van der Waals surface area contributed by atoms with Crippen molar-refractivity contribution >= 4 is 0 Å². The summed E-state index contributed by atoms with van der Waals surface area (Å²) < 4.78 is 0. The van der Waals surface area contributed by atoms with Gasteiger partial charge < -0.3 is 15.3 Å². The van der Waals surface area contributed by atoms with Gasteiger partial charge in [0.15, 0.2) is 0 Å². The van der Waals surface area contributed by atoms with Crippen LogP contribution in [0.3, 0.4) is 0 Å². The van der Waals surface area contributed by atoms with E-state index in [1.165, 1.54) is 6.20 Å². The number of aromatic nitrogens is 1. The van der Waals surface area contributed by atoms with Crippen LogP contribution in [0.5, 0.6) is 5.75 Å². The Labute approximate surface area is 83.6 Å². The summed E-state index contributed by atoms with van der Waals surface area (Å²) >= 11 is 0. The largest absolute Gasteiger partial charge is 0.506 e. The number of hydrogen-bond donors (Lipinski definition) is 2. The summed E-state index contributed by atoms with van der Waals surface area (Å²) in [5.41, 5.74) is 0.995. The van der Waals surface area contributed by atoms with E-state index in [-0.39, 0.29) is 11.8 Å². The molecule has 2 N–H and O–H groups in total. The van der Waals surface area contributed by atoms with Gasteiger partial charge in [0.1, 0.15) is 5.75 Å². The quantitative estimate of drug-likeness (QED) is 0.676. The first-order chi connectivity index (χ1) is 6.75. The summed E-state index contributed by atoms with van der Waals surface area (Å²) in [6.07, 6.45) is 1.49. The van der Waals surface area contributed by atoms with Crippen LogP contribution in [0.2, 0.25) is 0 Å². The van der Waals surface area contributed by atoms with Crippen LogP contribution in [0, 0.1) is 0 Å². The van der Waals surface area contributed by atoms with Gasteiger partial charge in [-0.1, -0.05) is 0 Å². The molecule has 1 aliphatic rings. The molecule has 1 aromatic heterocycles. The summed E-state index contributed by atoms with van der Waals surface area (Å²) in [7, 11) is 2.11. The minimum absolute atomic E-state index is 0.220. The first kappa shape index (κ1) is 9.43. The topological polar surface area (TPSA) is 48.4 Å². The molecular weight excluding hydrogens is 178 g/mol. The zero-order valence-electron chi connectivity index (χ0n) is 8.27. The Hall–Kier alpha value is -1.13. The Morgan fingerprint density at radius 2 is 2.43 bits per heavy atom. The summed E-state index contributed by atoms with van der Waals surface area (Å²) in [6.45, 7) is 3.04. The van der Waals surface area contributed by atoms with E-state index in [1.54, 1.807) is 6.07 Å². The van der Waals surface area contributed by atoms with Gasteiger partial charge in [-0.05, 0) is 19.2 Å². The molecule has 1 saturated heterocycles. The van der Waals surface area contributed by atoms with Crippen molar-refractivity contribution < 1.29 is 5.11 Å². The zero-order chi connectivity index (χ0) is 9.97. The Bertz CT molecular complexity index is 299. The second-order valence-electron chi connectivity index (χ2n) is 3.71. The smallest absolute Gasteiger partial charge is 0.133 e. The van der Waals surface area contributed by atoms with Crippen molar-refractivity contribution in [3.05, 3.63) is 24.0 Å². The average Bonchev–Trinajstić information content (AvgIpc) is 2.19. The number of hydrogen-bond acceptors (Lipinski definition) is 4. The van der Waals surface area contributed by atoms with E-state index in [0.29, 0.717) is 0 Å². The van der Waals surface area contributed by atoms with Gasteiger partial charge in [-0.15, -0.1) is 0 Å². The Balaban J connectivity index is 2.10. The summed E-state index contributed by atoms with van der Waals surface area (Å²) in [6, 6.07) is 3.83. The first-order valence-corrected chi connectivity index (χ1v) is 4.82. The van der Waals surface area contributed by atoms with Crippen LogP contribution < -0.4 is 5.32 Å². The summed E-state index contributed by atoms with van der Waals surface area (Å²) in [5.74, 6) is 0.220. The number of pyridine rings is 1. The Kier molecular flexibility index (Phi) is 2.65. The molecule has 0 bridgehead atoms. The van der Waals surface area contributed by atoms with Crippen LogP contribution in [0.1, 0.15) is 11.7 Å². The lowest BCUT2D eigenvalue weighted by molar-refractivity contribution is 0.238. The normalized spacial score (nSPS) is 23.6. The van der Waals surface area contributed by atoms with Crippen molar-refractivity contribution in [2.45, 2.75) is 6.04 Å². The number of nitrogens with zero attached hydrogens (tertiary/aromatic N) is 2. The van der Waals surface area contributed by atoms with E-state index in [0.717, 1.165) is 25.3 Å². The minimum Gasteiger partial charge on any atom is -0.506 e. The Morgan fingerprint density at radius 1 is 1.57 bits per heavy atom. The number of piperazine rings is 1. The van der Waals surface area contributed by atoms with Gasteiger partial charge >= 0.3 is 0 Å². The van der Waals surface area contributed by atoms with E-state index in [1.807, 2.05) is 6.07 Å². The van der Waals surface area contributed by atoms with E-state index >= 15 is 0 Å². The van der Waals surface area contributed by atoms with Crippen molar-refractivity contribution in [1.29, 1.82) is 0 Å². The molecule has 4 heteroatoms. The fraction of sp³-hybridized carbons (Fsp3) is 0.500. The minimum atomic E-state index is 0.220. The second-order valence-corrected chi connectivity index (χ2v) is 3.71. The van der Waals surface area contributed by atoms with E-state index < -0.39 is 0 Å². The molecule has 0 radical (unpaired) electrons. The number of rotatable bonds is 1. The molecule has 14 heavy (non-hydrogen) atoms. The van der Waals surface area contributed by atoms with Crippen LogP contribution >= 0.6 is 0 Å². The number of aromatic hydroxyl groups is 1. The summed E-state index contributed by atoms with van der Waals surface area (Å²) in [5, 5.41) is 12.5. The zero-order valence-corrected chi connectivity index (χ0v) is 8.27. The van der Waals surface area contributed by atoms with Crippen LogP contribution in [-0.2, 0) is 0 Å². The van der Waals surface area contributed by atoms with Gasteiger partial charge in [0, 0.05) is 19.6 Å². The molecule has 0 saturated carbocycles. The third-order valence-electron chi connectivity index (χ3n) is 2.51. The maximum atomic E-state index is 9.11.